The van der Waals surface area contributed by atoms with Crippen LogP contribution < -0.4 is 32.7 Å². The van der Waals surface area contributed by atoms with Crippen molar-refractivity contribution in [1.29, 1.82) is 0 Å². The molecule has 2 heterocycles. The highest BCUT2D eigenvalue weighted by atomic mass is 16.2. The van der Waals surface area contributed by atoms with E-state index in [-0.39, 0.29) is 61.6 Å². The molecule has 13 nitrogen and oxygen atoms in total. The van der Waals surface area contributed by atoms with Crippen molar-refractivity contribution in [2.24, 2.45) is 22.4 Å². The summed E-state index contributed by atoms with van der Waals surface area (Å²) in [6.45, 7) is 0.431. The first-order valence-electron chi connectivity index (χ1n) is 18.8. The normalized spacial score (nSPS) is 19.6. The molecule has 2 aliphatic rings. The molecule has 5 atom stereocenters. The second-order valence-corrected chi connectivity index (χ2v) is 14.0. The van der Waals surface area contributed by atoms with Gasteiger partial charge in [-0.1, -0.05) is 91.0 Å². The van der Waals surface area contributed by atoms with Crippen molar-refractivity contribution in [2.75, 3.05) is 19.6 Å². The Morgan fingerprint density at radius 3 is 2.11 bits per heavy atom. The number of benzene rings is 3. The third-order valence-corrected chi connectivity index (χ3v) is 10.1. The van der Waals surface area contributed by atoms with E-state index in [1.807, 2.05) is 91.0 Å². The molecule has 3 aromatic rings. The molecular weight excluding hydrogens is 685 g/mol. The number of nitrogens with two attached hydrogens (primary N) is 2. The number of hydrogen-bond donors (Lipinski definition) is 6. The van der Waals surface area contributed by atoms with Gasteiger partial charge >= 0.3 is 0 Å². The number of nitrogens with zero attached hydrogens (tertiary/aromatic N) is 2. The molecule has 2 aliphatic heterocycles. The standard InChI is InChI=1S/C41H52N8O5/c42-41(43)45-23-11-19-32(38(52)46-27-37(51)44-22-10-18-28-12-4-1-5-13-28)48-39(53)35-26-31(24-29-14-6-2-7-15-29)34-21-20-33(40(54)49(34)35)47-36(50)25-30-16-8-3-9-17-30/h1-9,12-17,31-35H,10-11,18-27H2,(H,44,51)(H,46,52)(H,47,50)(H,48,53)(H4,42,43,45)/t31-,32+,33-,34?,35+/m1/s1. The topological polar surface area (TPSA) is 201 Å². The summed E-state index contributed by atoms with van der Waals surface area (Å²) in [5, 5.41) is 11.3. The Morgan fingerprint density at radius 2 is 1.44 bits per heavy atom. The van der Waals surface area contributed by atoms with E-state index in [4.69, 9.17) is 11.5 Å². The molecule has 0 aromatic heterocycles. The third-order valence-electron chi connectivity index (χ3n) is 10.1. The first-order chi connectivity index (χ1) is 26.2. The molecule has 2 saturated heterocycles. The number of fused-ring (bicyclic) bond motifs is 1. The molecule has 8 N–H and O–H groups in total. The number of carbonyl (C=O) groups is 5. The number of guanidine groups is 1. The van der Waals surface area contributed by atoms with E-state index in [1.54, 1.807) is 4.90 Å². The van der Waals surface area contributed by atoms with Gasteiger partial charge in [0, 0.05) is 19.1 Å². The van der Waals surface area contributed by atoms with Gasteiger partial charge in [-0.3, -0.25) is 29.0 Å². The van der Waals surface area contributed by atoms with Gasteiger partial charge in [0.2, 0.25) is 29.5 Å². The number of aryl methyl sites for hydroxylation is 1. The molecule has 0 saturated carbocycles. The molecule has 5 rings (SSSR count). The van der Waals surface area contributed by atoms with Crippen molar-refractivity contribution in [3.8, 4) is 0 Å². The summed E-state index contributed by atoms with van der Waals surface area (Å²) in [7, 11) is 0. The highest BCUT2D eigenvalue weighted by molar-refractivity contribution is 5.96. The Kier molecular flexibility index (Phi) is 14.6. The number of aliphatic imine (C=N–C) groups is 1. The van der Waals surface area contributed by atoms with E-state index < -0.39 is 29.9 Å². The van der Waals surface area contributed by atoms with Gasteiger partial charge in [-0.15, -0.1) is 0 Å². The molecule has 0 bridgehead atoms. The van der Waals surface area contributed by atoms with Crippen LogP contribution in [0.2, 0.25) is 0 Å². The SMILES string of the molecule is NC(N)=NCCC[C@H](NC(=O)[C@@H]1C[C@@H](Cc2ccccc2)C2CC[C@@H](NC(=O)Cc3ccccc3)C(=O)N21)C(=O)NCC(=O)NCCCc1ccccc1. The fraction of sp³-hybridized carbons (Fsp3) is 0.415. The van der Waals surface area contributed by atoms with Crippen molar-refractivity contribution in [3.63, 3.8) is 0 Å². The second kappa shape index (κ2) is 19.9. The van der Waals surface area contributed by atoms with E-state index in [2.05, 4.69) is 26.3 Å². The largest absolute Gasteiger partial charge is 0.370 e. The lowest BCUT2D eigenvalue weighted by Crippen LogP contribution is -2.60. The van der Waals surface area contributed by atoms with Crippen LogP contribution in [-0.4, -0.2) is 84.2 Å². The number of hydrogen-bond acceptors (Lipinski definition) is 6. The summed E-state index contributed by atoms with van der Waals surface area (Å²) in [4.78, 5) is 73.1. The Morgan fingerprint density at radius 1 is 0.796 bits per heavy atom. The van der Waals surface area contributed by atoms with E-state index >= 15 is 0 Å². The molecule has 0 aliphatic carbocycles. The van der Waals surface area contributed by atoms with Crippen molar-refractivity contribution in [2.45, 2.75) is 82.0 Å². The Labute approximate surface area is 316 Å². The van der Waals surface area contributed by atoms with Crippen LogP contribution in [0.5, 0.6) is 0 Å². The van der Waals surface area contributed by atoms with Gasteiger partial charge in [-0.05, 0) is 74.0 Å². The molecule has 0 spiro atoms. The van der Waals surface area contributed by atoms with Gasteiger partial charge in [0.25, 0.3) is 0 Å². The van der Waals surface area contributed by atoms with Crippen LogP contribution in [0.15, 0.2) is 96.0 Å². The van der Waals surface area contributed by atoms with Gasteiger partial charge in [0.15, 0.2) is 5.96 Å². The number of carbonyl (C=O) groups excluding carboxylic acids is 5. The fourth-order valence-electron chi connectivity index (χ4n) is 7.44. The van der Waals surface area contributed by atoms with E-state index in [0.29, 0.717) is 38.6 Å². The first-order valence-corrected chi connectivity index (χ1v) is 18.8. The molecule has 5 amide bonds. The number of piperidine rings is 1. The van der Waals surface area contributed by atoms with Gasteiger partial charge < -0.3 is 37.6 Å². The van der Waals surface area contributed by atoms with Gasteiger partial charge in [-0.2, -0.15) is 0 Å². The van der Waals surface area contributed by atoms with Crippen LogP contribution in [0.25, 0.3) is 0 Å². The molecule has 286 valence electrons. The lowest BCUT2D eigenvalue weighted by Gasteiger charge is -2.39. The molecule has 3 aromatic carbocycles. The van der Waals surface area contributed by atoms with Crippen LogP contribution in [0.1, 0.15) is 55.2 Å². The average Bonchev–Trinajstić information content (AvgIpc) is 3.54. The molecule has 1 unspecified atom stereocenters. The predicted octanol–water partition coefficient (Wildman–Crippen LogP) is 1.74. The molecule has 0 radical (unpaired) electrons. The maximum absolute atomic E-state index is 14.2. The van der Waals surface area contributed by atoms with E-state index in [9.17, 15) is 24.0 Å². The minimum atomic E-state index is -1.01. The smallest absolute Gasteiger partial charge is 0.246 e. The van der Waals surface area contributed by atoms with Crippen LogP contribution in [-0.2, 0) is 43.2 Å². The minimum absolute atomic E-state index is 0.00667. The van der Waals surface area contributed by atoms with E-state index in [1.165, 1.54) is 5.56 Å². The quantitative estimate of drug-likeness (QED) is 0.0649. The zero-order valence-corrected chi connectivity index (χ0v) is 30.6. The zero-order chi connectivity index (χ0) is 38.3. The van der Waals surface area contributed by atoms with Crippen molar-refractivity contribution in [3.05, 3.63) is 108 Å². The van der Waals surface area contributed by atoms with Gasteiger partial charge in [0.05, 0.1) is 13.0 Å². The molecule has 13 heteroatoms. The summed E-state index contributed by atoms with van der Waals surface area (Å²) in [5.41, 5.74) is 14.1. The van der Waals surface area contributed by atoms with Gasteiger partial charge in [-0.25, -0.2) is 0 Å². The van der Waals surface area contributed by atoms with Crippen molar-refractivity contribution in [1.82, 2.24) is 26.2 Å². The van der Waals surface area contributed by atoms with Crippen molar-refractivity contribution >= 4 is 35.5 Å². The molecule has 54 heavy (non-hydrogen) atoms. The predicted molar refractivity (Wildman–Crippen MR) is 207 cm³/mol. The summed E-state index contributed by atoms with van der Waals surface area (Å²) in [6, 6.07) is 26.4. The number of nitrogens with one attached hydrogen (secondary N) is 4. The summed E-state index contributed by atoms with van der Waals surface area (Å²) in [5.74, 6) is -2.00. The Hall–Kier alpha value is -5.72. The zero-order valence-electron chi connectivity index (χ0n) is 30.6. The lowest BCUT2D eigenvalue weighted by atomic mass is 9.86. The average molecular weight is 737 g/mol. The highest BCUT2D eigenvalue weighted by Gasteiger charge is 2.51. The van der Waals surface area contributed by atoms with Gasteiger partial charge in [0.1, 0.15) is 18.1 Å². The third kappa shape index (κ3) is 11.6. The summed E-state index contributed by atoms with van der Waals surface area (Å²) in [6.07, 6.45) is 4.42. The number of rotatable bonds is 18. The minimum Gasteiger partial charge on any atom is -0.370 e. The van der Waals surface area contributed by atoms with Crippen LogP contribution >= 0.6 is 0 Å². The van der Waals surface area contributed by atoms with Crippen LogP contribution in [0, 0.1) is 5.92 Å². The maximum Gasteiger partial charge on any atom is 0.246 e. The highest BCUT2D eigenvalue weighted by Crippen LogP contribution is 2.39. The van der Waals surface area contributed by atoms with Crippen LogP contribution in [0.4, 0.5) is 0 Å². The maximum atomic E-state index is 14.2. The number of amides is 5. The summed E-state index contributed by atoms with van der Waals surface area (Å²) >= 11 is 0. The van der Waals surface area contributed by atoms with E-state index in [0.717, 1.165) is 24.0 Å². The van der Waals surface area contributed by atoms with Crippen LogP contribution in [0.3, 0.4) is 0 Å². The molecular formula is C41H52N8O5. The first kappa shape index (κ1) is 39.5. The Bertz CT molecular complexity index is 1740. The fourth-order valence-corrected chi connectivity index (χ4v) is 7.44. The monoisotopic (exact) mass is 736 g/mol. The lowest BCUT2D eigenvalue weighted by molar-refractivity contribution is -0.147. The second-order valence-electron chi connectivity index (χ2n) is 14.0. The Balaban J connectivity index is 1.24. The van der Waals surface area contributed by atoms with Crippen molar-refractivity contribution < 1.29 is 24.0 Å². The molecule has 2 fully saturated rings. The summed E-state index contributed by atoms with van der Waals surface area (Å²) < 4.78 is 0.